The predicted molar refractivity (Wildman–Crippen MR) is 71.4 cm³/mol. The maximum absolute atomic E-state index is 10.1. The van der Waals surface area contributed by atoms with Gasteiger partial charge in [-0.05, 0) is 18.2 Å². The Morgan fingerprint density at radius 3 is 2.74 bits per heavy atom. The Labute approximate surface area is 108 Å². The van der Waals surface area contributed by atoms with Gasteiger partial charge in [0, 0.05) is 11.8 Å². The number of aromatic amines is 1. The number of hydrogen-bond acceptors (Lipinski definition) is 4. The van der Waals surface area contributed by atoms with Crippen LogP contribution in [0.25, 0.3) is 11.2 Å². The summed E-state index contributed by atoms with van der Waals surface area (Å²) in [5.74, 6) is -0.0390. The molecule has 6 nitrogen and oxygen atoms in total. The quantitative estimate of drug-likeness (QED) is 0.371. The number of nitrogens with one attached hydrogen (secondary N) is 2. The zero-order valence-corrected chi connectivity index (χ0v) is 9.91. The lowest BCUT2D eigenvalue weighted by atomic mass is 10.2. The lowest BCUT2D eigenvalue weighted by Gasteiger charge is -2.17. The van der Waals surface area contributed by atoms with Crippen LogP contribution in [0, 0.1) is 5.41 Å². The number of aromatic nitrogens is 3. The number of nitrogens with zero attached hydrogens (tertiary/aromatic N) is 3. The van der Waals surface area contributed by atoms with E-state index in [1.165, 1.54) is 6.33 Å². The van der Waals surface area contributed by atoms with Crippen molar-refractivity contribution in [2.24, 2.45) is 0 Å². The molecule has 0 aliphatic heterocycles. The van der Waals surface area contributed by atoms with Gasteiger partial charge in [-0.1, -0.05) is 18.2 Å². The molecule has 0 amide bonds. The Hall–Kier alpha value is -2.73. The van der Waals surface area contributed by atoms with Crippen LogP contribution in [-0.2, 0) is 0 Å². The van der Waals surface area contributed by atoms with Gasteiger partial charge in [-0.3, -0.25) is 10.6 Å². The number of fused-ring (bicyclic) bond motifs is 1. The van der Waals surface area contributed by atoms with E-state index in [9.17, 15) is 5.21 Å². The van der Waals surface area contributed by atoms with Crippen LogP contribution >= 0.6 is 0 Å². The molecule has 0 spiro atoms. The molecule has 2 heterocycles. The zero-order valence-electron chi connectivity index (χ0n) is 9.91. The Morgan fingerprint density at radius 1 is 1.16 bits per heavy atom. The number of hydrogen-bond donors (Lipinski definition) is 3. The molecule has 2 aromatic heterocycles. The predicted octanol–water partition coefficient (Wildman–Crippen LogP) is 2.18. The third-order valence-electron chi connectivity index (χ3n) is 2.79. The fourth-order valence-electron chi connectivity index (χ4n) is 1.86. The van der Waals surface area contributed by atoms with Gasteiger partial charge < -0.3 is 4.98 Å². The van der Waals surface area contributed by atoms with E-state index < -0.39 is 0 Å². The zero-order chi connectivity index (χ0) is 13.2. The highest BCUT2D eigenvalue weighted by Gasteiger charge is 2.15. The summed E-state index contributed by atoms with van der Waals surface area (Å²) in [6.07, 6.45) is 3.07. The molecule has 0 fully saturated rings. The van der Waals surface area contributed by atoms with Crippen LogP contribution in [0.3, 0.4) is 0 Å². The van der Waals surface area contributed by atoms with Crippen molar-refractivity contribution in [3.8, 4) is 0 Å². The van der Waals surface area contributed by atoms with Gasteiger partial charge in [0.2, 0.25) is 0 Å². The summed E-state index contributed by atoms with van der Waals surface area (Å²) in [6, 6.07) is 10.5. The van der Waals surface area contributed by atoms with E-state index in [1.807, 2.05) is 6.07 Å². The minimum atomic E-state index is -0.0390. The topological polar surface area (TPSA) is 88.9 Å². The second-order valence-corrected chi connectivity index (χ2v) is 3.96. The molecule has 0 bridgehead atoms. The number of pyridine rings is 1. The summed E-state index contributed by atoms with van der Waals surface area (Å²) < 4.78 is 0. The van der Waals surface area contributed by atoms with Gasteiger partial charge >= 0.3 is 0 Å². The molecule has 0 unspecified atom stereocenters. The van der Waals surface area contributed by atoms with Crippen molar-refractivity contribution in [2.75, 3.05) is 5.06 Å². The first kappa shape index (κ1) is 11.4. The van der Waals surface area contributed by atoms with E-state index in [2.05, 4.69) is 15.0 Å². The maximum atomic E-state index is 10.1. The van der Waals surface area contributed by atoms with Crippen LogP contribution in [0.1, 0.15) is 5.56 Å². The number of para-hydroxylation sites is 1. The van der Waals surface area contributed by atoms with Crippen LogP contribution in [0.5, 0.6) is 0 Å². The van der Waals surface area contributed by atoms with E-state index in [0.29, 0.717) is 22.4 Å². The number of anilines is 1. The summed E-state index contributed by atoms with van der Waals surface area (Å²) in [4.78, 5) is 11.0. The molecule has 94 valence electrons. The molecule has 0 atom stereocenters. The summed E-state index contributed by atoms with van der Waals surface area (Å²) in [6.45, 7) is 0. The molecule has 0 aliphatic rings. The molecule has 19 heavy (non-hydrogen) atoms. The number of benzene rings is 1. The molecule has 6 heteroatoms. The Balaban J connectivity index is 2.02. The largest absolute Gasteiger partial charge is 0.343 e. The summed E-state index contributed by atoms with van der Waals surface area (Å²) in [7, 11) is 0. The molecule has 0 aliphatic carbocycles. The highest BCUT2D eigenvalue weighted by molar-refractivity contribution is 6.12. The van der Waals surface area contributed by atoms with Crippen LogP contribution in [0.2, 0.25) is 0 Å². The molecule has 1 aromatic carbocycles. The SMILES string of the molecule is N=C(c1ccnc2nc[nH]c12)N(O)c1ccccc1. The molecular weight excluding hydrogens is 242 g/mol. The molecule has 0 radical (unpaired) electrons. The number of imidazole rings is 1. The monoisotopic (exact) mass is 253 g/mol. The average Bonchev–Trinajstić information content (AvgIpc) is 2.95. The first-order chi connectivity index (χ1) is 9.27. The fraction of sp³-hybridized carbons (Fsp3) is 0. The molecule has 3 aromatic rings. The highest BCUT2D eigenvalue weighted by Crippen LogP contribution is 2.18. The second kappa shape index (κ2) is 4.51. The maximum Gasteiger partial charge on any atom is 0.178 e. The van der Waals surface area contributed by atoms with E-state index in [4.69, 9.17) is 5.41 Å². The van der Waals surface area contributed by atoms with Gasteiger partial charge in [0.1, 0.15) is 0 Å². The highest BCUT2D eigenvalue weighted by atomic mass is 16.5. The molecule has 0 saturated carbocycles. The van der Waals surface area contributed by atoms with E-state index in [0.717, 1.165) is 5.06 Å². The van der Waals surface area contributed by atoms with Gasteiger partial charge in [0.15, 0.2) is 11.5 Å². The van der Waals surface area contributed by atoms with Crippen molar-refractivity contribution in [2.45, 2.75) is 0 Å². The number of hydroxylamine groups is 1. The summed E-state index contributed by atoms with van der Waals surface area (Å²) in [5, 5.41) is 19.0. The standard InChI is InChI=1S/C13H11N5O/c14-12(18(19)9-4-2-1-3-5-9)10-6-7-15-13-11(10)16-8-17-13/h1-8,14,19H,(H,15,16,17). The first-order valence-corrected chi connectivity index (χ1v) is 5.68. The molecule has 0 saturated heterocycles. The van der Waals surface area contributed by atoms with Gasteiger partial charge in [0.05, 0.1) is 17.5 Å². The fourth-order valence-corrected chi connectivity index (χ4v) is 1.86. The van der Waals surface area contributed by atoms with E-state index in [-0.39, 0.29) is 5.84 Å². The Bertz CT molecular complexity index is 722. The van der Waals surface area contributed by atoms with Crippen LogP contribution in [0.15, 0.2) is 48.9 Å². The molecule has 3 rings (SSSR count). The first-order valence-electron chi connectivity index (χ1n) is 5.68. The lowest BCUT2D eigenvalue weighted by molar-refractivity contribution is 0.312. The minimum absolute atomic E-state index is 0.0390. The van der Waals surface area contributed by atoms with Gasteiger partial charge in [-0.15, -0.1) is 0 Å². The van der Waals surface area contributed by atoms with Gasteiger partial charge in [0.25, 0.3) is 0 Å². The van der Waals surface area contributed by atoms with Crippen LogP contribution in [0.4, 0.5) is 5.69 Å². The minimum Gasteiger partial charge on any atom is -0.343 e. The van der Waals surface area contributed by atoms with Crippen molar-refractivity contribution in [3.63, 3.8) is 0 Å². The van der Waals surface area contributed by atoms with Gasteiger partial charge in [-0.25, -0.2) is 15.0 Å². The Kier molecular flexibility index (Phi) is 2.70. The molecular formula is C13H11N5O. The summed E-state index contributed by atoms with van der Waals surface area (Å²) >= 11 is 0. The van der Waals surface area contributed by atoms with Crippen LogP contribution < -0.4 is 5.06 Å². The number of amidine groups is 1. The summed E-state index contributed by atoms with van der Waals surface area (Å²) in [5.41, 5.74) is 2.21. The van der Waals surface area contributed by atoms with Crippen molar-refractivity contribution < 1.29 is 5.21 Å². The van der Waals surface area contributed by atoms with Crippen molar-refractivity contribution in [3.05, 3.63) is 54.5 Å². The van der Waals surface area contributed by atoms with Crippen molar-refractivity contribution >= 4 is 22.7 Å². The normalized spacial score (nSPS) is 10.6. The van der Waals surface area contributed by atoms with Gasteiger partial charge in [-0.2, -0.15) is 0 Å². The van der Waals surface area contributed by atoms with E-state index in [1.54, 1.807) is 36.5 Å². The second-order valence-electron chi connectivity index (χ2n) is 3.96. The van der Waals surface area contributed by atoms with Crippen molar-refractivity contribution in [1.82, 2.24) is 15.0 Å². The molecule has 3 N–H and O–H groups in total. The Morgan fingerprint density at radius 2 is 1.95 bits per heavy atom. The third-order valence-corrected chi connectivity index (χ3v) is 2.79. The van der Waals surface area contributed by atoms with E-state index >= 15 is 0 Å². The van der Waals surface area contributed by atoms with Crippen molar-refractivity contribution in [1.29, 1.82) is 5.41 Å². The third kappa shape index (κ3) is 1.94. The number of rotatable bonds is 2. The number of H-pyrrole nitrogens is 1. The smallest absolute Gasteiger partial charge is 0.178 e. The average molecular weight is 253 g/mol. The van der Waals surface area contributed by atoms with Crippen LogP contribution in [-0.4, -0.2) is 26.0 Å². The lowest BCUT2D eigenvalue weighted by Crippen LogP contribution is -2.27.